The van der Waals surface area contributed by atoms with E-state index in [9.17, 15) is 9.59 Å². The van der Waals surface area contributed by atoms with Crippen LogP contribution in [0.1, 0.15) is 13.3 Å². The van der Waals surface area contributed by atoms with Gasteiger partial charge < -0.3 is 4.74 Å². The number of amides is 2. The molecule has 0 heterocycles. The predicted octanol–water partition coefficient (Wildman–Crippen LogP) is 2.80. The molecule has 0 aliphatic rings. The lowest BCUT2D eigenvalue weighted by atomic mass is 10.3. The van der Waals surface area contributed by atoms with Crippen molar-refractivity contribution in [3.63, 3.8) is 0 Å². The number of hydrogen-bond acceptors (Lipinski definition) is 3. The van der Waals surface area contributed by atoms with Crippen molar-refractivity contribution in [3.05, 3.63) is 28.2 Å². The van der Waals surface area contributed by atoms with Gasteiger partial charge in [0.2, 0.25) is 0 Å². The van der Waals surface area contributed by atoms with E-state index in [2.05, 4.69) is 5.43 Å². The highest BCUT2D eigenvalue weighted by atomic mass is 35.5. The fourth-order valence-corrected chi connectivity index (χ4v) is 1.56. The van der Waals surface area contributed by atoms with Crippen LogP contribution in [0, 0.1) is 0 Å². The van der Waals surface area contributed by atoms with Gasteiger partial charge in [-0.1, -0.05) is 30.1 Å². The minimum Gasteiger partial charge on any atom is -0.484 e. The number of hydrazine groups is 1. The third-order valence-corrected chi connectivity index (χ3v) is 3.02. The second-order valence-electron chi connectivity index (χ2n) is 3.43. The summed E-state index contributed by atoms with van der Waals surface area (Å²) < 4.78 is 5.76. The number of carbonyl (C=O) groups excluding carboxylic acids is 2. The minimum absolute atomic E-state index is 0.178. The number of nitrogens with zero attached hydrogens (tertiary/aromatic N) is 1. The van der Waals surface area contributed by atoms with Crippen molar-refractivity contribution < 1.29 is 14.3 Å². The van der Waals surface area contributed by atoms with Crippen LogP contribution in [-0.2, 0) is 9.59 Å². The average Bonchev–Trinajstić information content (AvgIpc) is 2.39. The Kier molecular flexibility index (Phi) is 6.21. The molecule has 5 nitrogen and oxygen atoms in total. The minimum atomic E-state index is -0.567. The third-order valence-electron chi connectivity index (χ3n) is 2.01. The van der Waals surface area contributed by atoms with Gasteiger partial charge in [0.15, 0.2) is 6.61 Å². The van der Waals surface area contributed by atoms with Crippen molar-refractivity contribution in [2.45, 2.75) is 13.3 Å². The van der Waals surface area contributed by atoms with Gasteiger partial charge in [-0.3, -0.25) is 9.59 Å². The summed E-state index contributed by atoms with van der Waals surface area (Å²) in [6.07, 6.45) is 0.178. The Balaban J connectivity index is 2.46. The summed E-state index contributed by atoms with van der Waals surface area (Å²) >= 11 is 17.0. The highest BCUT2D eigenvalue weighted by Crippen LogP contribution is 2.26. The number of benzene rings is 1. The molecule has 1 N–H and O–H groups in total. The lowest BCUT2D eigenvalue weighted by Gasteiger charge is -2.14. The van der Waals surface area contributed by atoms with E-state index in [0.29, 0.717) is 20.3 Å². The van der Waals surface area contributed by atoms with Gasteiger partial charge in [0.25, 0.3) is 11.8 Å². The molecule has 0 fully saturated rings. The molecule has 0 saturated heterocycles. The van der Waals surface area contributed by atoms with Gasteiger partial charge in [-0.25, -0.2) is 5.43 Å². The zero-order chi connectivity index (χ0) is 14.4. The molecule has 0 unspecified atom stereocenters. The number of rotatable bonds is 4. The van der Waals surface area contributed by atoms with Crippen LogP contribution in [0.25, 0.3) is 0 Å². The molecule has 0 radical (unpaired) electrons. The van der Waals surface area contributed by atoms with Crippen LogP contribution in [0.4, 0.5) is 0 Å². The summed E-state index contributed by atoms with van der Waals surface area (Å²) in [6, 6.07) is 4.59. The number of hydrogen-bond donors (Lipinski definition) is 1. The molecule has 0 aliphatic heterocycles. The zero-order valence-corrected chi connectivity index (χ0v) is 12.2. The van der Waals surface area contributed by atoms with Crippen LogP contribution >= 0.6 is 35.0 Å². The lowest BCUT2D eigenvalue weighted by molar-refractivity contribution is -0.136. The molecule has 1 aromatic carbocycles. The Morgan fingerprint density at radius 2 is 2.00 bits per heavy atom. The topological polar surface area (TPSA) is 58.6 Å². The van der Waals surface area contributed by atoms with Crippen molar-refractivity contribution in [3.8, 4) is 5.75 Å². The first-order chi connectivity index (χ1) is 8.93. The van der Waals surface area contributed by atoms with Crippen LogP contribution < -0.4 is 10.2 Å². The maximum atomic E-state index is 11.4. The van der Waals surface area contributed by atoms with E-state index >= 15 is 0 Å². The second kappa shape index (κ2) is 7.43. The second-order valence-corrected chi connectivity index (χ2v) is 4.58. The van der Waals surface area contributed by atoms with Crippen LogP contribution in [0.5, 0.6) is 5.75 Å². The third kappa shape index (κ3) is 5.14. The normalized spacial score (nSPS) is 9.89. The van der Waals surface area contributed by atoms with E-state index in [4.69, 9.17) is 39.7 Å². The Morgan fingerprint density at radius 3 is 2.58 bits per heavy atom. The Morgan fingerprint density at radius 1 is 1.32 bits per heavy atom. The molecule has 104 valence electrons. The Hall–Kier alpha value is -1.17. The zero-order valence-electron chi connectivity index (χ0n) is 9.95. The van der Waals surface area contributed by atoms with Gasteiger partial charge in [0.05, 0.1) is 10.0 Å². The van der Waals surface area contributed by atoms with Crippen molar-refractivity contribution in [2.75, 3.05) is 6.61 Å². The number of ether oxygens (including phenoxy) is 1. The lowest BCUT2D eigenvalue weighted by Crippen LogP contribution is -2.41. The molecular weight excluding hydrogens is 314 g/mol. The van der Waals surface area contributed by atoms with Gasteiger partial charge in [-0.15, -0.1) is 0 Å². The van der Waals surface area contributed by atoms with Crippen molar-refractivity contribution >= 4 is 46.8 Å². The molecular formula is C11H11Cl3N2O3. The first-order valence-corrected chi connectivity index (χ1v) is 6.39. The Labute approximate surface area is 125 Å². The monoisotopic (exact) mass is 324 g/mol. The van der Waals surface area contributed by atoms with Crippen LogP contribution in [0.2, 0.25) is 10.0 Å². The SMILES string of the molecule is CCC(=O)N(Cl)NC(=O)COc1ccc(Cl)c(Cl)c1. The quantitative estimate of drug-likeness (QED) is 0.684. The van der Waals surface area contributed by atoms with Crippen LogP contribution in [-0.4, -0.2) is 22.9 Å². The van der Waals surface area contributed by atoms with E-state index in [1.54, 1.807) is 19.1 Å². The molecule has 2 amide bonds. The summed E-state index contributed by atoms with van der Waals surface area (Å²) in [6.45, 7) is 1.31. The maximum Gasteiger partial charge on any atom is 0.277 e. The largest absolute Gasteiger partial charge is 0.484 e. The molecule has 0 aromatic heterocycles. The van der Waals surface area contributed by atoms with Gasteiger partial charge >= 0.3 is 0 Å². The summed E-state index contributed by atoms with van der Waals surface area (Å²) in [5.74, 6) is -0.611. The average molecular weight is 326 g/mol. The van der Waals surface area contributed by atoms with E-state index in [-0.39, 0.29) is 13.0 Å². The first kappa shape index (κ1) is 15.9. The van der Waals surface area contributed by atoms with E-state index < -0.39 is 11.8 Å². The standard InChI is InChI=1S/C11H11Cl3N2O3/c1-2-11(18)16(14)15-10(17)6-19-7-3-4-8(12)9(13)5-7/h3-5H,2,6H2,1H3,(H,15,17). The molecule has 0 aliphatic carbocycles. The van der Waals surface area contributed by atoms with E-state index in [1.807, 2.05) is 0 Å². The van der Waals surface area contributed by atoms with Gasteiger partial charge in [0.1, 0.15) is 5.75 Å². The van der Waals surface area contributed by atoms with Crippen LogP contribution in [0.15, 0.2) is 18.2 Å². The van der Waals surface area contributed by atoms with E-state index in [1.165, 1.54) is 6.07 Å². The predicted molar refractivity (Wildman–Crippen MR) is 73.1 cm³/mol. The molecule has 1 rings (SSSR count). The fourth-order valence-electron chi connectivity index (χ4n) is 1.06. The van der Waals surface area contributed by atoms with Crippen molar-refractivity contribution in [2.24, 2.45) is 0 Å². The number of halogens is 3. The molecule has 0 atom stereocenters. The van der Waals surface area contributed by atoms with Gasteiger partial charge in [-0.05, 0) is 12.1 Å². The number of carbonyl (C=O) groups is 2. The van der Waals surface area contributed by atoms with Crippen LogP contribution in [0.3, 0.4) is 0 Å². The molecule has 19 heavy (non-hydrogen) atoms. The maximum absolute atomic E-state index is 11.4. The Bertz CT molecular complexity index is 482. The van der Waals surface area contributed by atoms with E-state index in [0.717, 1.165) is 0 Å². The highest BCUT2D eigenvalue weighted by molar-refractivity contribution is 6.42. The molecule has 0 bridgehead atoms. The van der Waals surface area contributed by atoms with Crippen molar-refractivity contribution in [1.29, 1.82) is 0 Å². The fraction of sp³-hybridized carbons (Fsp3) is 0.273. The molecule has 1 aromatic rings. The summed E-state index contributed by atoms with van der Waals surface area (Å²) in [4.78, 5) is 22.5. The highest BCUT2D eigenvalue weighted by Gasteiger charge is 2.12. The summed E-state index contributed by atoms with van der Waals surface area (Å²) in [7, 11) is 0. The molecule has 0 spiro atoms. The van der Waals surface area contributed by atoms with Gasteiger partial charge in [0, 0.05) is 24.3 Å². The van der Waals surface area contributed by atoms with Gasteiger partial charge in [-0.2, -0.15) is 4.53 Å². The summed E-state index contributed by atoms with van der Waals surface area (Å²) in [5, 5.41) is 0.707. The molecule has 0 saturated carbocycles. The molecule has 8 heteroatoms. The number of nitrogens with one attached hydrogen (secondary N) is 1. The van der Waals surface area contributed by atoms with Crippen molar-refractivity contribution in [1.82, 2.24) is 9.95 Å². The summed E-state index contributed by atoms with van der Waals surface area (Å²) in [5.41, 5.74) is 2.15. The smallest absolute Gasteiger partial charge is 0.277 e. The first-order valence-electron chi connectivity index (χ1n) is 5.30.